The van der Waals surface area contributed by atoms with Gasteiger partial charge in [-0.1, -0.05) is 0 Å². The van der Waals surface area contributed by atoms with Crippen LogP contribution < -0.4 is 5.32 Å². The predicted octanol–water partition coefficient (Wildman–Crippen LogP) is 1.08. The molecule has 0 spiro atoms. The van der Waals surface area contributed by atoms with Crippen LogP contribution in [0.4, 0.5) is 0 Å². The lowest BCUT2D eigenvalue weighted by Gasteiger charge is -2.29. The van der Waals surface area contributed by atoms with Crippen LogP contribution in [0, 0.1) is 0 Å². The minimum atomic E-state index is 0. The van der Waals surface area contributed by atoms with E-state index in [9.17, 15) is 0 Å². The molecule has 1 aliphatic rings. The van der Waals surface area contributed by atoms with E-state index in [0.717, 1.165) is 32.7 Å². The summed E-state index contributed by atoms with van der Waals surface area (Å²) in [6, 6.07) is 2.12. The fraction of sp³-hybridized carbons (Fsp3) is 0.769. The monoisotopic (exact) mass is 323 g/mol. The quantitative estimate of drug-likeness (QED) is 0.850. The Kier molecular flexibility index (Phi) is 10.2. The Morgan fingerprint density at radius 1 is 1.30 bits per heavy atom. The van der Waals surface area contributed by atoms with Crippen molar-refractivity contribution in [2.45, 2.75) is 20.0 Å². The molecule has 0 aliphatic carbocycles. The first-order valence-electron chi connectivity index (χ1n) is 6.92. The fourth-order valence-corrected chi connectivity index (χ4v) is 2.38. The molecule has 118 valence electrons. The first kappa shape index (κ1) is 19.7. The Balaban J connectivity index is 0.00000180. The molecule has 1 fully saturated rings. The van der Waals surface area contributed by atoms with E-state index in [-0.39, 0.29) is 24.8 Å². The summed E-state index contributed by atoms with van der Waals surface area (Å²) in [5.41, 5.74) is 1.31. The van der Waals surface area contributed by atoms with Gasteiger partial charge in [-0.3, -0.25) is 14.5 Å². The van der Waals surface area contributed by atoms with Crippen LogP contribution in [0.3, 0.4) is 0 Å². The van der Waals surface area contributed by atoms with E-state index in [4.69, 9.17) is 0 Å². The first-order chi connectivity index (χ1) is 8.79. The summed E-state index contributed by atoms with van der Waals surface area (Å²) in [5.74, 6) is 0. The molecule has 1 aliphatic heterocycles. The molecule has 2 heterocycles. The van der Waals surface area contributed by atoms with Gasteiger partial charge >= 0.3 is 0 Å². The van der Waals surface area contributed by atoms with Crippen LogP contribution in [0.1, 0.15) is 12.6 Å². The molecule has 0 atom stereocenters. The number of halogens is 2. The highest BCUT2D eigenvalue weighted by atomic mass is 35.5. The Hall–Kier alpha value is -0.330. The number of piperazine rings is 1. The molecule has 7 heteroatoms. The lowest BCUT2D eigenvalue weighted by atomic mass is 10.3. The van der Waals surface area contributed by atoms with E-state index >= 15 is 0 Å². The lowest BCUT2D eigenvalue weighted by Crippen LogP contribution is -2.45. The summed E-state index contributed by atoms with van der Waals surface area (Å²) in [7, 11) is 2.19. The van der Waals surface area contributed by atoms with Crippen LogP contribution in [0.25, 0.3) is 0 Å². The third kappa shape index (κ3) is 5.97. The van der Waals surface area contributed by atoms with Crippen molar-refractivity contribution < 1.29 is 0 Å². The molecule has 5 nitrogen and oxygen atoms in total. The normalized spacial score (nSPS) is 15.8. The van der Waals surface area contributed by atoms with Crippen molar-refractivity contribution in [2.24, 2.45) is 0 Å². The van der Waals surface area contributed by atoms with Gasteiger partial charge in [-0.25, -0.2) is 0 Å². The van der Waals surface area contributed by atoms with E-state index in [1.165, 1.54) is 25.3 Å². The number of aryl methyl sites for hydroxylation is 1. The predicted molar refractivity (Wildman–Crippen MR) is 88.0 cm³/mol. The van der Waals surface area contributed by atoms with Gasteiger partial charge in [0.15, 0.2) is 0 Å². The molecule has 1 saturated heterocycles. The Labute approximate surface area is 134 Å². The lowest BCUT2D eigenvalue weighted by molar-refractivity contribution is 0.200. The van der Waals surface area contributed by atoms with Crippen LogP contribution in [-0.2, 0) is 13.1 Å². The molecule has 0 saturated carbocycles. The molecule has 0 aromatic carbocycles. The molecule has 0 unspecified atom stereocenters. The number of aromatic nitrogens is 2. The number of hydrogen-bond acceptors (Lipinski definition) is 4. The molecule has 0 amide bonds. The van der Waals surface area contributed by atoms with Crippen LogP contribution in [-0.4, -0.2) is 65.9 Å². The van der Waals surface area contributed by atoms with Crippen molar-refractivity contribution in [1.29, 1.82) is 0 Å². The van der Waals surface area contributed by atoms with E-state index in [1.54, 1.807) is 0 Å². The Morgan fingerprint density at radius 2 is 2.00 bits per heavy atom. The average Bonchev–Trinajstić information content (AvgIpc) is 2.85. The van der Waals surface area contributed by atoms with E-state index in [2.05, 4.69) is 44.9 Å². The molecule has 1 aromatic heterocycles. The standard InChI is InChI=1S/C13H25N5.2ClH/c1-3-18-13(4-5-15-18)12-16(2)10-11-17-8-6-14-7-9-17;;/h4-5,14H,3,6-12H2,1-2H3;2*1H. The molecule has 1 N–H and O–H groups in total. The molecular formula is C13H27Cl2N5. The summed E-state index contributed by atoms with van der Waals surface area (Å²) >= 11 is 0. The van der Waals surface area contributed by atoms with Crippen molar-refractivity contribution in [3.8, 4) is 0 Å². The summed E-state index contributed by atoms with van der Waals surface area (Å²) in [6.07, 6.45) is 1.89. The van der Waals surface area contributed by atoms with Crippen LogP contribution in [0.15, 0.2) is 12.3 Å². The highest BCUT2D eigenvalue weighted by Crippen LogP contribution is 2.03. The molecule has 20 heavy (non-hydrogen) atoms. The van der Waals surface area contributed by atoms with E-state index < -0.39 is 0 Å². The van der Waals surface area contributed by atoms with Crippen LogP contribution in [0.2, 0.25) is 0 Å². The smallest absolute Gasteiger partial charge is 0.0524 e. The zero-order valence-corrected chi connectivity index (χ0v) is 14.0. The Morgan fingerprint density at radius 3 is 2.65 bits per heavy atom. The Bertz CT molecular complexity index is 352. The maximum absolute atomic E-state index is 4.31. The van der Waals surface area contributed by atoms with Crippen molar-refractivity contribution in [1.82, 2.24) is 24.9 Å². The second-order valence-electron chi connectivity index (χ2n) is 4.97. The molecule has 0 bridgehead atoms. The van der Waals surface area contributed by atoms with Gasteiger partial charge in [0.05, 0.1) is 5.69 Å². The van der Waals surface area contributed by atoms with E-state index in [0.29, 0.717) is 0 Å². The average molecular weight is 324 g/mol. The van der Waals surface area contributed by atoms with Gasteiger partial charge < -0.3 is 5.32 Å². The summed E-state index contributed by atoms with van der Waals surface area (Å²) in [6.45, 7) is 11.0. The second-order valence-corrected chi connectivity index (χ2v) is 4.97. The molecule has 0 radical (unpaired) electrons. The topological polar surface area (TPSA) is 36.3 Å². The van der Waals surface area contributed by atoms with Gasteiger partial charge in [-0.15, -0.1) is 24.8 Å². The summed E-state index contributed by atoms with van der Waals surface area (Å²) in [5, 5.41) is 7.70. The number of likely N-dealkylation sites (N-methyl/N-ethyl adjacent to an activating group) is 1. The summed E-state index contributed by atoms with van der Waals surface area (Å²) in [4.78, 5) is 4.91. The van der Waals surface area contributed by atoms with Crippen LogP contribution >= 0.6 is 24.8 Å². The van der Waals surface area contributed by atoms with Gasteiger partial charge in [0.25, 0.3) is 0 Å². The zero-order chi connectivity index (χ0) is 12.8. The van der Waals surface area contributed by atoms with Gasteiger partial charge in [0.2, 0.25) is 0 Å². The minimum Gasteiger partial charge on any atom is -0.314 e. The first-order valence-corrected chi connectivity index (χ1v) is 6.92. The third-order valence-corrected chi connectivity index (χ3v) is 3.54. The molecule has 2 rings (SSSR count). The highest BCUT2D eigenvalue weighted by molar-refractivity contribution is 5.85. The zero-order valence-electron chi connectivity index (χ0n) is 12.4. The number of rotatable bonds is 6. The van der Waals surface area contributed by atoms with Crippen molar-refractivity contribution in [3.05, 3.63) is 18.0 Å². The van der Waals surface area contributed by atoms with Gasteiger partial charge in [-0.2, -0.15) is 5.10 Å². The van der Waals surface area contributed by atoms with Crippen molar-refractivity contribution in [2.75, 3.05) is 46.3 Å². The second kappa shape index (κ2) is 10.4. The fourth-order valence-electron chi connectivity index (χ4n) is 2.38. The highest BCUT2D eigenvalue weighted by Gasteiger charge is 2.11. The third-order valence-electron chi connectivity index (χ3n) is 3.54. The minimum absolute atomic E-state index is 0. The van der Waals surface area contributed by atoms with Gasteiger partial charge in [-0.05, 0) is 20.0 Å². The van der Waals surface area contributed by atoms with Gasteiger partial charge in [0, 0.05) is 58.6 Å². The SMILES string of the molecule is CCn1nccc1CN(C)CCN1CCNCC1.Cl.Cl. The molecule has 1 aromatic rings. The number of hydrogen-bond donors (Lipinski definition) is 1. The van der Waals surface area contributed by atoms with Gasteiger partial charge in [0.1, 0.15) is 0 Å². The number of nitrogens with zero attached hydrogens (tertiary/aromatic N) is 4. The van der Waals surface area contributed by atoms with Crippen LogP contribution in [0.5, 0.6) is 0 Å². The van der Waals surface area contributed by atoms with Crippen molar-refractivity contribution in [3.63, 3.8) is 0 Å². The van der Waals surface area contributed by atoms with Crippen molar-refractivity contribution >= 4 is 24.8 Å². The summed E-state index contributed by atoms with van der Waals surface area (Å²) < 4.78 is 2.07. The number of nitrogens with one attached hydrogen (secondary N) is 1. The largest absolute Gasteiger partial charge is 0.314 e. The maximum Gasteiger partial charge on any atom is 0.0524 e. The maximum atomic E-state index is 4.31. The van der Waals surface area contributed by atoms with E-state index in [1.807, 2.05) is 6.20 Å². The molecular weight excluding hydrogens is 297 g/mol.